The predicted molar refractivity (Wildman–Crippen MR) is 114 cm³/mol. The summed E-state index contributed by atoms with van der Waals surface area (Å²) >= 11 is 0. The van der Waals surface area contributed by atoms with Gasteiger partial charge in [-0.05, 0) is 77.6 Å². The summed E-state index contributed by atoms with van der Waals surface area (Å²) in [5.74, 6) is -1.91. The minimum absolute atomic E-state index is 0.0270. The molecule has 0 aliphatic carbocycles. The lowest BCUT2D eigenvalue weighted by molar-refractivity contribution is -0.139. The Bertz CT molecular complexity index is 1130. The summed E-state index contributed by atoms with van der Waals surface area (Å²) in [5, 5.41) is 19.0. The fraction of sp³-hybridized carbons (Fsp3) is 0.160. The number of halogens is 2. The van der Waals surface area contributed by atoms with Crippen molar-refractivity contribution in [1.82, 2.24) is 0 Å². The van der Waals surface area contributed by atoms with E-state index in [1.165, 1.54) is 36.4 Å². The van der Waals surface area contributed by atoms with Gasteiger partial charge in [0.25, 0.3) is 0 Å². The standard InChI is InChI=1S/C25H22F2O4/c1-14-10-20(31-13-23(29)30)11-15(2)21(14)12-18-6-9-22(28)24(25(18)27)16(3)17-4-7-19(26)8-5-17/h4-11,28H,3,12-13H2,1-2H3,(H,29,30). The molecule has 0 heterocycles. The number of carboxylic acid groups (broad SMARTS) is 1. The minimum Gasteiger partial charge on any atom is -0.507 e. The maximum Gasteiger partial charge on any atom is 0.341 e. The largest absolute Gasteiger partial charge is 0.507 e. The molecule has 0 aliphatic rings. The highest BCUT2D eigenvalue weighted by Gasteiger charge is 2.19. The SMILES string of the molecule is C=C(c1ccc(F)cc1)c1c(O)ccc(Cc2c(C)cc(OCC(=O)O)cc2C)c1F. The van der Waals surface area contributed by atoms with Gasteiger partial charge in [0.1, 0.15) is 23.1 Å². The average molecular weight is 424 g/mol. The Balaban J connectivity index is 1.94. The molecule has 3 rings (SSSR count). The van der Waals surface area contributed by atoms with Crippen LogP contribution in [-0.4, -0.2) is 22.8 Å². The van der Waals surface area contributed by atoms with Crippen LogP contribution < -0.4 is 4.74 Å². The van der Waals surface area contributed by atoms with Crippen molar-refractivity contribution < 1.29 is 28.5 Å². The molecule has 0 atom stereocenters. The Hall–Kier alpha value is -3.67. The molecule has 4 nitrogen and oxygen atoms in total. The van der Waals surface area contributed by atoms with Crippen LogP contribution in [0.1, 0.15) is 33.4 Å². The first-order valence-corrected chi connectivity index (χ1v) is 9.57. The first-order chi connectivity index (χ1) is 14.7. The van der Waals surface area contributed by atoms with Crippen LogP contribution in [0.25, 0.3) is 5.57 Å². The maximum atomic E-state index is 15.4. The second-order valence-electron chi connectivity index (χ2n) is 7.31. The van der Waals surface area contributed by atoms with E-state index >= 15 is 4.39 Å². The molecule has 160 valence electrons. The fourth-order valence-corrected chi connectivity index (χ4v) is 3.48. The molecule has 0 unspecified atom stereocenters. The molecule has 0 bridgehead atoms. The monoisotopic (exact) mass is 424 g/mol. The summed E-state index contributed by atoms with van der Waals surface area (Å²) in [6.45, 7) is 7.12. The number of aliphatic carboxylic acids is 1. The van der Waals surface area contributed by atoms with E-state index in [0.29, 0.717) is 16.9 Å². The number of hydrogen-bond donors (Lipinski definition) is 2. The second kappa shape index (κ2) is 9.00. The average Bonchev–Trinajstić information content (AvgIpc) is 2.71. The third-order valence-corrected chi connectivity index (χ3v) is 5.09. The van der Waals surface area contributed by atoms with E-state index in [4.69, 9.17) is 9.84 Å². The molecule has 0 fully saturated rings. The second-order valence-corrected chi connectivity index (χ2v) is 7.31. The Morgan fingerprint density at radius 1 is 1.03 bits per heavy atom. The van der Waals surface area contributed by atoms with E-state index in [0.717, 1.165) is 16.7 Å². The van der Waals surface area contributed by atoms with Gasteiger partial charge in [0.15, 0.2) is 6.61 Å². The first-order valence-electron chi connectivity index (χ1n) is 9.57. The Morgan fingerprint density at radius 3 is 2.23 bits per heavy atom. The molecule has 0 spiro atoms. The van der Waals surface area contributed by atoms with E-state index in [1.54, 1.807) is 12.1 Å². The first kappa shape index (κ1) is 22.0. The third kappa shape index (κ3) is 4.91. The van der Waals surface area contributed by atoms with Crippen molar-refractivity contribution >= 4 is 11.5 Å². The minimum atomic E-state index is -1.07. The van der Waals surface area contributed by atoms with Crippen molar-refractivity contribution in [3.8, 4) is 11.5 Å². The maximum absolute atomic E-state index is 15.4. The lowest BCUT2D eigenvalue weighted by Gasteiger charge is -2.16. The molecule has 6 heteroatoms. The quantitative estimate of drug-likeness (QED) is 0.533. The normalized spacial score (nSPS) is 10.7. The number of hydrogen-bond acceptors (Lipinski definition) is 3. The summed E-state index contributed by atoms with van der Waals surface area (Å²) in [6.07, 6.45) is 0.257. The molecule has 0 aromatic heterocycles. The van der Waals surface area contributed by atoms with Crippen LogP contribution in [0.3, 0.4) is 0 Å². The zero-order chi connectivity index (χ0) is 22.7. The number of carboxylic acids is 1. The van der Waals surface area contributed by atoms with Crippen molar-refractivity contribution in [1.29, 1.82) is 0 Å². The van der Waals surface area contributed by atoms with Crippen LogP contribution in [0.15, 0.2) is 55.1 Å². The number of benzene rings is 3. The number of phenols is 1. The van der Waals surface area contributed by atoms with Crippen molar-refractivity contribution in [3.63, 3.8) is 0 Å². The summed E-state index contributed by atoms with van der Waals surface area (Å²) < 4.78 is 33.9. The van der Waals surface area contributed by atoms with Gasteiger partial charge in [0, 0.05) is 6.42 Å². The number of aromatic hydroxyl groups is 1. The van der Waals surface area contributed by atoms with Crippen molar-refractivity contribution in [2.24, 2.45) is 0 Å². The molecule has 3 aromatic carbocycles. The summed E-state index contributed by atoms with van der Waals surface area (Å²) in [7, 11) is 0. The molecule has 0 radical (unpaired) electrons. The highest BCUT2D eigenvalue weighted by Crippen LogP contribution is 2.35. The van der Waals surface area contributed by atoms with E-state index in [1.807, 2.05) is 13.8 Å². The molecule has 0 saturated heterocycles. The number of rotatable bonds is 7. The topological polar surface area (TPSA) is 66.8 Å². The predicted octanol–water partition coefficient (Wildman–Crippen LogP) is 5.40. The van der Waals surface area contributed by atoms with Gasteiger partial charge < -0.3 is 14.9 Å². The van der Waals surface area contributed by atoms with E-state index in [2.05, 4.69) is 6.58 Å². The summed E-state index contributed by atoms with van der Waals surface area (Å²) in [4.78, 5) is 10.7. The summed E-state index contributed by atoms with van der Waals surface area (Å²) in [5.41, 5.74) is 3.61. The fourth-order valence-electron chi connectivity index (χ4n) is 3.48. The molecular weight excluding hydrogens is 402 g/mol. The van der Waals surface area contributed by atoms with Crippen molar-refractivity contribution in [2.45, 2.75) is 20.3 Å². The van der Waals surface area contributed by atoms with Gasteiger partial charge >= 0.3 is 5.97 Å². The van der Waals surface area contributed by atoms with Crippen LogP contribution >= 0.6 is 0 Å². The molecular formula is C25H22F2O4. The summed E-state index contributed by atoms with van der Waals surface area (Å²) in [6, 6.07) is 11.8. The molecule has 3 aromatic rings. The van der Waals surface area contributed by atoms with Gasteiger partial charge in [0.05, 0.1) is 5.56 Å². The number of ether oxygens (including phenoxy) is 1. The van der Waals surface area contributed by atoms with Gasteiger partial charge in [-0.25, -0.2) is 13.6 Å². The number of aryl methyl sites for hydroxylation is 2. The van der Waals surface area contributed by atoms with Gasteiger partial charge in [-0.2, -0.15) is 0 Å². The van der Waals surface area contributed by atoms with Crippen LogP contribution in [0.4, 0.5) is 8.78 Å². The van der Waals surface area contributed by atoms with Crippen LogP contribution in [0.2, 0.25) is 0 Å². The molecule has 2 N–H and O–H groups in total. The third-order valence-electron chi connectivity index (χ3n) is 5.09. The lowest BCUT2D eigenvalue weighted by atomic mass is 9.91. The highest BCUT2D eigenvalue weighted by molar-refractivity contribution is 5.81. The van der Waals surface area contributed by atoms with Crippen molar-refractivity contribution in [3.05, 3.63) is 100 Å². The Morgan fingerprint density at radius 2 is 1.65 bits per heavy atom. The van der Waals surface area contributed by atoms with Crippen LogP contribution in [0, 0.1) is 25.5 Å². The van der Waals surface area contributed by atoms with Gasteiger partial charge in [0.2, 0.25) is 0 Å². The highest BCUT2D eigenvalue weighted by atomic mass is 19.1. The smallest absolute Gasteiger partial charge is 0.341 e. The zero-order valence-electron chi connectivity index (χ0n) is 17.2. The molecule has 31 heavy (non-hydrogen) atoms. The number of carbonyl (C=O) groups is 1. The van der Waals surface area contributed by atoms with Gasteiger partial charge in [-0.1, -0.05) is 24.8 Å². The number of phenolic OH excluding ortho intramolecular Hbond substituents is 1. The van der Waals surface area contributed by atoms with E-state index in [9.17, 15) is 14.3 Å². The van der Waals surface area contributed by atoms with Crippen molar-refractivity contribution in [2.75, 3.05) is 6.61 Å². The van der Waals surface area contributed by atoms with E-state index in [-0.39, 0.29) is 23.3 Å². The molecule has 0 saturated carbocycles. The zero-order valence-corrected chi connectivity index (χ0v) is 17.2. The van der Waals surface area contributed by atoms with E-state index < -0.39 is 24.2 Å². The Kier molecular flexibility index (Phi) is 6.39. The molecule has 0 aliphatic heterocycles. The van der Waals surface area contributed by atoms with Crippen LogP contribution in [0.5, 0.6) is 11.5 Å². The lowest BCUT2D eigenvalue weighted by Crippen LogP contribution is -2.10. The van der Waals surface area contributed by atoms with Crippen LogP contribution in [-0.2, 0) is 11.2 Å². The molecule has 0 amide bonds. The Labute approximate surface area is 179 Å². The van der Waals surface area contributed by atoms with Gasteiger partial charge in [-0.15, -0.1) is 0 Å². The van der Waals surface area contributed by atoms with Gasteiger partial charge in [-0.3, -0.25) is 0 Å².